The molecule has 0 saturated heterocycles. The molecule has 0 fully saturated rings. The Kier molecular flexibility index (Phi) is 13.9. The molecule has 0 aromatic carbocycles. The minimum atomic E-state index is -1.10. The number of ether oxygens (including phenoxy) is 1. The van der Waals surface area contributed by atoms with Gasteiger partial charge in [-0.15, -0.1) is 0 Å². The highest BCUT2D eigenvalue weighted by Gasteiger charge is 2.42. The van der Waals surface area contributed by atoms with Crippen LogP contribution in [-0.2, 0) is 14.3 Å². The second kappa shape index (κ2) is 15.3. The van der Waals surface area contributed by atoms with Crippen LogP contribution in [0.3, 0.4) is 0 Å². The third-order valence-electron chi connectivity index (χ3n) is 7.43. The summed E-state index contributed by atoms with van der Waals surface area (Å²) < 4.78 is 5.84. The molecule has 0 unspecified atom stereocenters. The number of allylic oxidation sites excluding steroid dienone is 2. The van der Waals surface area contributed by atoms with Crippen molar-refractivity contribution < 1.29 is 34.8 Å². The Morgan fingerprint density at radius 2 is 1.77 bits per heavy atom. The number of hydrogen-bond acceptors (Lipinski definition) is 7. The Bertz CT molecular complexity index is 827. The highest BCUT2D eigenvalue weighted by molar-refractivity contribution is 5.72. The van der Waals surface area contributed by atoms with Gasteiger partial charge < -0.3 is 30.9 Å². The number of fused-ring (bicyclic) bond motifs is 1. The van der Waals surface area contributed by atoms with Gasteiger partial charge in [0.05, 0.1) is 30.7 Å². The summed E-state index contributed by atoms with van der Waals surface area (Å²) >= 11 is 0. The zero-order valence-corrected chi connectivity index (χ0v) is 25.4. The van der Waals surface area contributed by atoms with E-state index in [0.717, 1.165) is 12.0 Å². The molecule has 0 spiro atoms. The van der Waals surface area contributed by atoms with Gasteiger partial charge in [0.25, 0.3) is 0 Å². The number of carbonyl (C=O) groups excluding carboxylic acids is 1. The number of carboxylic acids is 1. The maximum atomic E-state index is 12.4. The Labute approximate surface area is 235 Å². The first-order chi connectivity index (χ1) is 17.8. The number of nitrogens with two attached hydrogens (primary N) is 1. The van der Waals surface area contributed by atoms with E-state index in [4.69, 9.17) is 15.6 Å². The van der Waals surface area contributed by atoms with Crippen LogP contribution in [0.15, 0.2) is 23.8 Å². The highest BCUT2D eigenvalue weighted by atomic mass is 16.5. The lowest BCUT2D eigenvalue weighted by Gasteiger charge is -2.43. The fourth-order valence-corrected chi connectivity index (χ4v) is 5.89. The normalized spacial score (nSPS) is 27.3. The van der Waals surface area contributed by atoms with E-state index in [0.29, 0.717) is 31.1 Å². The first kappa shape index (κ1) is 35.3. The monoisotopic (exact) mass is 553 g/mol. The SMILES string of the molecule is CC(C)(C)CC(C)(C)N.CC[C@H](C)C(=O)O[C@H]1C[C@H](O)C=C2C=C[C@H](C)[C@H](CC[C@@H](O)C[C@@H](O)CC(=O)O)[C@H]21. The van der Waals surface area contributed by atoms with Crippen molar-refractivity contribution in [1.82, 2.24) is 0 Å². The first-order valence-electron chi connectivity index (χ1n) is 14.5. The zero-order chi connectivity index (χ0) is 30.1. The van der Waals surface area contributed by atoms with Gasteiger partial charge in [-0.1, -0.05) is 59.8 Å². The van der Waals surface area contributed by atoms with E-state index in [1.165, 1.54) is 0 Å². The summed E-state index contributed by atoms with van der Waals surface area (Å²) in [4.78, 5) is 23.1. The molecule has 2 aliphatic rings. The van der Waals surface area contributed by atoms with Gasteiger partial charge in [-0.2, -0.15) is 0 Å². The molecule has 0 aliphatic heterocycles. The number of aliphatic carboxylic acids is 1. The summed E-state index contributed by atoms with van der Waals surface area (Å²) in [7, 11) is 0. The lowest BCUT2D eigenvalue weighted by molar-refractivity contribution is -0.159. The standard InChI is InChI=1S/C23H36O7.C8H19N/c1-4-13(2)23(29)30-20-11-17(25)9-15-6-5-14(3)19(22(15)20)8-7-16(24)10-18(26)12-21(27)28;1-7(2,3)6-8(4,5)9/h5-6,9,13-14,16-20,22,24-26H,4,7-8,10-12H2,1-3H3,(H,27,28);6,9H2,1-5H3/t13-,14-,16+,17+,18+,19-,20-,22-;/m0./s1. The molecule has 8 atom stereocenters. The number of aliphatic hydroxyl groups excluding tert-OH is 3. The van der Waals surface area contributed by atoms with Gasteiger partial charge in [0.2, 0.25) is 0 Å². The lowest BCUT2D eigenvalue weighted by Crippen LogP contribution is -2.43. The second-order valence-electron chi connectivity index (χ2n) is 13.6. The number of hydrogen-bond donors (Lipinski definition) is 5. The minimum Gasteiger partial charge on any atom is -0.481 e. The summed E-state index contributed by atoms with van der Waals surface area (Å²) in [6, 6.07) is 0. The van der Waals surface area contributed by atoms with E-state index in [1.54, 1.807) is 0 Å². The van der Waals surface area contributed by atoms with Crippen molar-refractivity contribution in [3.8, 4) is 0 Å². The summed E-state index contributed by atoms with van der Waals surface area (Å²) in [5.41, 5.74) is 7.12. The average molecular weight is 554 g/mol. The van der Waals surface area contributed by atoms with Gasteiger partial charge in [0.1, 0.15) is 6.10 Å². The summed E-state index contributed by atoms with van der Waals surface area (Å²) in [5, 5.41) is 39.1. The molecule has 0 bridgehead atoms. The fourth-order valence-electron chi connectivity index (χ4n) is 5.89. The van der Waals surface area contributed by atoms with E-state index < -0.39 is 30.4 Å². The number of carboxylic acid groups (broad SMARTS) is 1. The van der Waals surface area contributed by atoms with Gasteiger partial charge in [-0.05, 0) is 68.8 Å². The number of esters is 1. The Hall–Kier alpha value is -1.74. The summed E-state index contributed by atoms with van der Waals surface area (Å²) in [6.45, 7) is 16.6. The van der Waals surface area contributed by atoms with Gasteiger partial charge in [-0.25, -0.2) is 0 Å². The average Bonchev–Trinajstić information content (AvgIpc) is 2.75. The molecule has 2 aliphatic carbocycles. The number of carbonyl (C=O) groups is 2. The van der Waals surface area contributed by atoms with Crippen molar-refractivity contribution in [2.24, 2.45) is 34.8 Å². The van der Waals surface area contributed by atoms with Crippen LogP contribution in [0.5, 0.6) is 0 Å². The quantitative estimate of drug-likeness (QED) is 0.233. The Morgan fingerprint density at radius 3 is 2.26 bits per heavy atom. The lowest BCUT2D eigenvalue weighted by atomic mass is 9.66. The molecule has 8 heteroatoms. The predicted molar refractivity (Wildman–Crippen MR) is 154 cm³/mol. The predicted octanol–water partition coefficient (Wildman–Crippen LogP) is 4.60. The molecule has 0 radical (unpaired) electrons. The molecule has 226 valence electrons. The van der Waals surface area contributed by atoms with Crippen LogP contribution >= 0.6 is 0 Å². The van der Waals surface area contributed by atoms with Crippen molar-refractivity contribution in [3.05, 3.63) is 23.8 Å². The van der Waals surface area contributed by atoms with Crippen LogP contribution in [0.2, 0.25) is 0 Å². The van der Waals surface area contributed by atoms with Crippen molar-refractivity contribution in [3.63, 3.8) is 0 Å². The third-order valence-corrected chi connectivity index (χ3v) is 7.43. The molecule has 39 heavy (non-hydrogen) atoms. The van der Waals surface area contributed by atoms with E-state index >= 15 is 0 Å². The van der Waals surface area contributed by atoms with Gasteiger partial charge in [0.15, 0.2) is 0 Å². The molecular weight excluding hydrogens is 498 g/mol. The third kappa shape index (κ3) is 13.4. The Morgan fingerprint density at radius 1 is 1.15 bits per heavy atom. The molecule has 0 saturated carbocycles. The largest absolute Gasteiger partial charge is 0.481 e. The van der Waals surface area contributed by atoms with Crippen LogP contribution in [0, 0.1) is 29.1 Å². The number of rotatable bonds is 11. The van der Waals surface area contributed by atoms with E-state index in [-0.39, 0.29) is 48.0 Å². The zero-order valence-electron chi connectivity index (χ0n) is 25.4. The number of aliphatic hydroxyl groups is 3. The van der Waals surface area contributed by atoms with Crippen molar-refractivity contribution in [1.29, 1.82) is 0 Å². The maximum absolute atomic E-state index is 12.4. The van der Waals surface area contributed by atoms with E-state index in [1.807, 2.05) is 26.0 Å². The van der Waals surface area contributed by atoms with Gasteiger partial charge in [0, 0.05) is 17.9 Å². The van der Waals surface area contributed by atoms with Crippen molar-refractivity contribution in [2.75, 3.05) is 0 Å². The van der Waals surface area contributed by atoms with Crippen LogP contribution in [0.25, 0.3) is 0 Å². The molecule has 6 N–H and O–H groups in total. The first-order valence-corrected chi connectivity index (χ1v) is 14.5. The fraction of sp³-hybridized carbons (Fsp3) is 0.806. The smallest absolute Gasteiger partial charge is 0.308 e. The second-order valence-corrected chi connectivity index (χ2v) is 13.6. The molecule has 0 amide bonds. The van der Waals surface area contributed by atoms with Crippen LogP contribution < -0.4 is 5.73 Å². The van der Waals surface area contributed by atoms with Crippen LogP contribution in [0.4, 0.5) is 0 Å². The van der Waals surface area contributed by atoms with Crippen molar-refractivity contribution in [2.45, 2.75) is 130 Å². The van der Waals surface area contributed by atoms with Gasteiger partial charge >= 0.3 is 11.9 Å². The molecule has 0 aromatic rings. The summed E-state index contributed by atoms with van der Waals surface area (Å²) in [5.74, 6) is -1.31. The molecule has 0 aromatic heterocycles. The van der Waals surface area contributed by atoms with Crippen molar-refractivity contribution >= 4 is 11.9 Å². The van der Waals surface area contributed by atoms with Gasteiger partial charge in [-0.3, -0.25) is 9.59 Å². The van der Waals surface area contributed by atoms with Crippen LogP contribution in [-0.4, -0.2) is 62.3 Å². The van der Waals surface area contributed by atoms with E-state index in [9.17, 15) is 24.9 Å². The van der Waals surface area contributed by atoms with E-state index in [2.05, 4.69) is 47.6 Å². The minimum absolute atomic E-state index is 0.0156. The molecular formula is C31H55NO7. The highest BCUT2D eigenvalue weighted by Crippen LogP contribution is 2.44. The Balaban J connectivity index is 0.000000724. The van der Waals surface area contributed by atoms with Crippen LogP contribution in [0.1, 0.15) is 100 Å². The molecule has 8 nitrogen and oxygen atoms in total. The topological polar surface area (TPSA) is 150 Å². The summed E-state index contributed by atoms with van der Waals surface area (Å²) in [6.07, 6.45) is 5.71. The molecule has 2 rings (SSSR count). The molecule has 0 heterocycles. The maximum Gasteiger partial charge on any atom is 0.308 e.